The summed E-state index contributed by atoms with van der Waals surface area (Å²) < 4.78 is 17.6. The van der Waals surface area contributed by atoms with Gasteiger partial charge in [0.1, 0.15) is 22.8 Å². The number of fused-ring (bicyclic) bond motifs is 1. The van der Waals surface area contributed by atoms with Crippen LogP contribution in [0.15, 0.2) is 51.4 Å². The molecule has 3 aromatic rings. The van der Waals surface area contributed by atoms with Gasteiger partial charge in [-0.25, -0.2) is 0 Å². The molecule has 0 atom stereocenters. The summed E-state index contributed by atoms with van der Waals surface area (Å²) in [5, 5.41) is 0.936. The van der Waals surface area contributed by atoms with Crippen molar-refractivity contribution < 1.29 is 13.9 Å². The lowest BCUT2D eigenvalue weighted by atomic mass is 10.1. The SMILES string of the molecule is COc1cc(OC)c2cc(-c3ccc(Br)cc3)oc2c1. The van der Waals surface area contributed by atoms with Gasteiger partial charge >= 0.3 is 0 Å². The first-order valence-corrected chi connectivity index (χ1v) is 6.92. The molecule has 1 aromatic heterocycles. The highest BCUT2D eigenvalue weighted by Crippen LogP contribution is 2.36. The normalized spacial score (nSPS) is 10.8. The number of ether oxygens (including phenoxy) is 2. The van der Waals surface area contributed by atoms with Crippen LogP contribution in [0.25, 0.3) is 22.3 Å². The number of halogens is 1. The number of benzene rings is 2. The molecular weight excluding hydrogens is 320 g/mol. The maximum Gasteiger partial charge on any atom is 0.142 e. The second kappa shape index (κ2) is 5.21. The predicted octanol–water partition coefficient (Wildman–Crippen LogP) is 4.88. The van der Waals surface area contributed by atoms with E-state index in [1.54, 1.807) is 14.2 Å². The zero-order valence-electron chi connectivity index (χ0n) is 11.1. The lowest BCUT2D eigenvalue weighted by Gasteiger charge is -2.04. The predicted molar refractivity (Wildman–Crippen MR) is 82.5 cm³/mol. The Bertz CT molecular complexity index is 744. The minimum absolute atomic E-state index is 0.714. The van der Waals surface area contributed by atoms with E-state index in [2.05, 4.69) is 15.9 Å². The van der Waals surface area contributed by atoms with Crippen LogP contribution in [0.5, 0.6) is 11.5 Å². The number of rotatable bonds is 3. The van der Waals surface area contributed by atoms with Gasteiger partial charge < -0.3 is 13.9 Å². The molecule has 3 nitrogen and oxygen atoms in total. The van der Waals surface area contributed by atoms with Gasteiger partial charge in [0.15, 0.2) is 0 Å². The molecular formula is C16H13BrO3. The van der Waals surface area contributed by atoms with Crippen molar-refractivity contribution in [2.45, 2.75) is 0 Å². The largest absolute Gasteiger partial charge is 0.496 e. The molecule has 0 saturated carbocycles. The molecule has 102 valence electrons. The van der Waals surface area contributed by atoms with Gasteiger partial charge in [0.2, 0.25) is 0 Å². The summed E-state index contributed by atoms with van der Waals surface area (Å²) in [4.78, 5) is 0. The molecule has 0 unspecified atom stereocenters. The Morgan fingerprint density at radius 3 is 2.35 bits per heavy atom. The number of hydrogen-bond acceptors (Lipinski definition) is 3. The van der Waals surface area contributed by atoms with E-state index in [9.17, 15) is 0 Å². The van der Waals surface area contributed by atoms with Crippen LogP contribution in [0.3, 0.4) is 0 Å². The van der Waals surface area contributed by atoms with Crippen molar-refractivity contribution in [3.05, 3.63) is 46.9 Å². The Morgan fingerprint density at radius 2 is 1.70 bits per heavy atom. The molecule has 4 heteroatoms. The number of hydrogen-bond donors (Lipinski definition) is 0. The first-order chi connectivity index (χ1) is 9.71. The quantitative estimate of drug-likeness (QED) is 0.685. The highest BCUT2D eigenvalue weighted by molar-refractivity contribution is 9.10. The van der Waals surface area contributed by atoms with Crippen molar-refractivity contribution in [1.82, 2.24) is 0 Å². The van der Waals surface area contributed by atoms with Crippen LogP contribution in [0, 0.1) is 0 Å². The van der Waals surface area contributed by atoms with Gasteiger partial charge in [0.05, 0.1) is 19.6 Å². The topological polar surface area (TPSA) is 31.6 Å². The van der Waals surface area contributed by atoms with E-state index in [1.165, 1.54) is 0 Å². The fourth-order valence-corrected chi connectivity index (χ4v) is 2.39. The summed E-state index contributed by atoms with van der Waals surface area (Å²) in [7, 11) is 3.26. The van der Waals surface area contributed by atoms with Crippen LogP contribution < -0.4 is 9.47 Å². The third-order valence-corrected chi connectivity index (χ3v) is 3.69. The smallest absolute Gasteiger partial charge is 0.142 e. The molecule has 0 fully saturated rings. The average Bonchev–Trinajstić information content (AvgIpc) is 2.90. The molecule has 0 N–H and O–H groups in total. The lowest BCUT2D eigenvalue weighted by molar-refractivity contribution is 0.397. The van der Waals surface area contributed by atoms with Gasteiger partial charge in [-0.3, -0.25) is 0 Å². The summed E-state index contributed by atoms with van der Waals surface area (Å²) in [5.74, 6) is 2.26. The maximum atomic E-state index is 5.90. The molecule has 0 saturated heterocycles. The molecule has 3 rings (SSSR count). The summed E-state index contributed by atoms with van der Waals surface area (Å²) in [6, 6.07) is 13.7. The Balaban J connectivity index is 2.16. The van der Waals surface area contributed by atoms with Crippen LogP contribution in [-0.4, -0.2) is 14.2 Å². The Kier molecular flexibility index (Phi) is 3.40. The highest BCUT2D eigenvalue weighted by Gasteiger charge is 2.12. The van der Waals surface area contributed by atoms with Crippen molar-refractivity contribution in [3.63, 3.8) is 0 Å². The molecule has 0 amide bonds. The van der Waals surface area contributed by atoms with E-state index >= 15 is 0 Å². The second-order valence-corrected chi connectivity index (χ2v) is 5.27. The maximum absolute atomic E-state index is 5.90. The van der Waals surface area contributed by atoms with Crippen molar-refractivity contribution in [2.75, 3.05) is 14.2 Å². The van der Waals surface area contributed by atoms with Gasteiger partial charge in [-0.2, -0.15) is 0 Å². The summed E-state index contributed by atoms with van der Waals surface area (Å²) >= 11 is 3.43. The Labute approximate surface area is 125 Å². The Hall–Kier alpha value is -1.94. The first kappa shape index (κ1) is 13.1. The molecule has 1 heterocycles. The van der Waals surface area contributed by atoms with Gasteiger partial charge in [0, 0.05) is 22.2 Å². The summed E-state index contributed by atoms with van der Waals surface area (Å²) in [6.07, 6.45) is 0. The van der Waals surface area contributed by atoms with Gasteiger partial charge in [0.25, 0.3) is 0 Å². The molecule has 0 bridgehead atoms. The van der Waals surface area contributed by atoms with Crippen LogP contribution in [0.4, 0.5) is 0 Å². The van der Waals surface area contributed by atoms with Crippen molar-refractivity contribution in [1.29, 1.82) is 0 Å². The van der Waals surface area contributed by atoms with E-state index in [-0.39, 0.29) is 0 Å². The number of methoxy groups -OCH3 is 2. The second-order valence-electron chi connectivity index (χ2n) is 4.36. The van der Waals surface area contributed by atoms with E-state index in [1.807, 2.05) is 42.5 Å². The number of furan rings is 1. The minimum Gasteiger partial charge on any atom is -0.496 e. The van der Waals surface area contributed by atoms with E-state index in [0.717, 1.165) is 32.5 Å². The average molecular weight is 333 g/mol. The van der Waals surface area contributed by atoms with E-state index < -0.39 is 0 Å². The standard InChI is InChI=1S/C16H13BrO3/c1-18-12-7-15(19-2)13-9-14(20-16(13)8-12)10-3-5-11(17)6-4-10/h3-9H,1-2H3. The summed E-state index contributed by atoms with van der Waals surface area (Å²) in [5.41, 5.74) is 1.77. The highest BCUT2D eigenvalue weighted by atomic mass is 79.9. The van der Waals surface area contributed by atoms with Crippen LogP contribution in [-0.2, 0) is 0 Å². The molecule has 0 aliphatic rings. The van der Waals surface area contributed by atoms with Crippen molar-refractivity contribution >= 4 is 26.9 Å². The fourth-order valence-electron chi connectivity index (χ4n) is 2.13. The molecule has 20 heavy (non-hydrogen) atoms. The lowest BCUT2D eigenvalue weighted by Crippen LogP contribution is -1.86. The van der Waals surface area contributed by atoms with Gasteiger partial charge in [-0.1, -0.05) is 28.1 Å². The zero-order chi connectivity index (χ0) is 14.1. The molecule has 0 spiro atoms. The van der Waals surface area contributed by atoms with Crippen LogP contribution in [0.1, 0.15) is 0 Å². The third kappa shape index (κ3) is 2.27. The molecule has 0 aliphatic carbocycles. The Morgan fingerprint density at radius 1 is 0.950 bits per heavy atom. The zero-order valence-corrected chi connectivity index (χ0v) is 12.7. The van der Waals surface area contributed by atoms with Crippen LogP contribution >= 0.6 is 15.9 Å². The molecule has 2 aromatic carbocycles. The van der Waals surface area contributed by atoms with Crippen molar-refractivity contribution in [2.24, 2.45) is 0 Å². The van der Waals surface area contributed by atoms with Crippen LogP contribution in [0.2, 0.25) is 0 Å². The van der Waals surface area contributed by atoms with Gasteiger partial charge in [-0.05, 0) is 18.2 Å². The monoisotopic (exact) mass is 332 g/mol. The third-order valence-electron chi connectivity index (χ3n) is 3.16. The molecule has 0 radical (unpaired) electrons. The van der Waals surface area contributed by atoms with Gasteiger partial charge in [-0.15, -0.1) is 0 Å². The van der Waals surface area contributed by atoms with E-state index in [4.69, 9.17) is 13.9 Å². The molecule has 0 aliphatic heterocycles. The van der Waals surface area contributed by atoms with E-state index in [0.29, 0.717) is 5.75 Å². The van der Waals surface area contributed by atoms with Crippen molar-refractivity contribution in [3.8, 4) is 22.8 Å². The minimum atomic E-state index is 0.714. The summed E-state index contributed by atoms with van der Waals surface area (Å²) in [6.45, 7) is 0. The first-order valence-electron chi connectivity index (χ1n) is 6.13. The fraction of sp³-hybridized carbons (Fsp3) is 0.125.